The Labute approximate surface area is 117 Å². The number of nitrogens with one attached hydrogen (secondary N) is 1. The first-order valence-electron chi connectivity index (χ1n) is 7.50. The van der Waals surface area contributed by atoms with E-state index in [1.807, 2.05) is 12.4 Å². The zero-order chi connectivity index (χ0) is 13.7. The largest absolute Gasteiger partial charge is 0.316 e. The van der Waals surface area contributed by atoms with Crippen LogP contribution in [-0.2, 0) is 6.54 Å². The summed E-state index contributed by atoms with van der Waals surface area (Å²) >= 11 is 0. The molecule has 0 aromatic carbocycles. The van der Waals surface area contributed by atoms with Gasteiger partial charge in [-0.3, -0.25) is 9.88 Å². The average molecular weight is 261 g/mol. The van der Waals surface area contributed by atoms with Gasteiger partial charge < -0.3 is 5.32 Å². The molecule has 0 radical (unpaired) electrons. The summed E-state index contributed by atoms with van der Waals surface area (Å²) in [5, 5.41) is 3.51. The van der Waals surface area contributed by atoms with E-state index in [0.717, 1.165) is 12.5 Å². The zero-order valence-corrected chi connectivity index (χ0v) is 12.5. The summed E-state index contributed by atoms with van der Waals surface area (Å²) in [6, 6.07) is 2.84. The maximum atomic E-state index is 4.30. The van der Waals surface area contributed by atoms with Crippen LogP contribution in [0.1, 0.15) is 37.8 Å². The smallest absolute Gasteiger partial charge is 0.0313 e. The van der Waals surface area contributed by atoms with Gasteiger partial charge in [-0.25, -0.2) is 0 Å². The van der Waals surface area contributed by atoms with Crippen LogP contribution in [0.4, 0.5) is 0 Å². The minimum atomic E-state index is 0.586. The minimum Gasteiger partial charge on any atom is -0.316 e. The van der Waals surface area contributed by atoms with Crippen LogP contribution in [0.25, 0.3) is 0 Å². The summed E-state index contributed by atoms with van der Waals surface area (Å²) in [4.78, 5) is 6.88. The van der Waals surface area contributed by atoms with E-state index in [2.05, 4.69) is 42.0 Å². The van der Waals surface area contributed by atoms with E-state index < -0.39 is 0 Å². The van der Waals surface area contributed by atoms with Gasteiger partial charge in [-0.2, -0.15) is 0 Å². The molecule has 1 aliphatic heterocycles. The van der Waals surface area contributed by atoms with Crippen molar-refractivity contribution in [3.63, 3.8) is 0 Å². The van der Waals surface area contributed by atoms with Gasteiger partial charge in [0, 0.05) is 31.5 Å². The molecular formula is C16H27N3. The quantitative estimate of drug-likeness (QED) is 0.883. The summed E-state index contributed by atoms with van der Waals surface area (Å²) in [6.07, 6.45) is 6.61. The van der Waals surface area contributed by atoms with Crippen LogP contribution in [0.5, 0.6) is 0 Å². The third-order valence-corrected chi connectivity index (χ3v) is 3.94. The molecular weight excluding hydrogens is 234 g/mol. The van der Waals surface area contributed by atoms with Crippen molar-refractivity contribution in [2.45, 2.75) is 46.2 Å². The lowest BCUT2D eigenvalue weighted by Gasteiger charge is -2.32. The van der Waals surface area contributed by atoms with Crippen molar-refractivity contribution in [1.29, 1.82) is 0 Å². The number of aryl methyl sites for hydroxylation is 1. The lowest BCUT2D eigenvalue weighted by atomic mass is 9.98. The molecule has 1 aromatic heterocycles. The fourth-order valence-corrected chi connectivity index (χ4v) is 2.81. The topological polar surface area (TPSA) is 28.2 Å². The molecule has 1 N–H and O–H groups in total. The number of pyridine rings is 1. The van der Waals surface area contributed by atoms with Crippen LogP contribution >= 0.6 is 0 Å². The Morgan fingerprint density at radius 1 is 1.42 bits per heavy atom. The summed E-state index contributed by atoms with van der Waals surface area (Å²) in [7, 11) is 0. The Bertz CT molecular complexity index is 383. The van der Waals surface area contributed by atoms with Gasteiger partial charge in [0.25, 0.3) is 0 Å². The Kier molecular flexibility index (Phi) is 5.34. The van der Waals surface area contributed by atoms with Crippen molar-refractivity contribution >= 4 is 0 Å². The molecule has 1 aliphatic rings. The van der Waals surface area contributed by atoms with Gasteiger partial charge in [0.1, 0.15) is 0 Å². The predicted octanol–water partition coefficient (Wildman–Crippen LogP) is 2.60. The molecule has 0 spiro atoms. The van der Waals surface area contributed by atoms with Gasteiger partial charge >= 0.3 is 0 Å². The van der Waals surface area contributed by atoms with Gasteiger partial charge in [0.05, 0.1) is 0 Å². The van der Waals surface area contributed by atoms with Crippen molar-refractivity contribution < 1.29 is 0 Å². The van der Waals surface area contributed by atoms with Gasteiger partial charge in [-0.1, -0.05) is 6.07 Å². The van der Waals surface area contributed by atoms with E-state index in [0.29, 0.717) is 6.04 Å². The molecule has 3 nitrogen and oxygen atoms in total. The summed E-state index contributed by atoms with van der Waals surface area (Å²) in [5.41, 5.74) is 2.58. The number of piperidine rings is 1. The van der Waals surface area contributed by atoms with E-state index >= 15 is 0 Å². The van der Waals surface area contributed by atoms with E-state index in [-0.39, 0.29) is 0 Å². The first-order chi connectivity index (χ1) is 9.15. The first-order valence-corrected chi connectivity index (χ1v) is 7.50. The monoisotopic (exact) mass is 261 g/mol. The standard InChI is InChI=1S/C16H27N3/c1-13(2)19(11-15-5-4-6-17-9-15)12-16-7-14(3)8-18-10-16/h7-8,10,13,15,17H,4-6,9,11-12H2,1-3H3. The Morgan fingerprint density at radius 3 is 2.89 bits per heavy atom. The zero-order valence-electron chi connectivity index (χ0n) is 12.5. The van der Waals surface area contributed by atoms with Crippen LogP contribution in [0.2, 0.25) is 0 Å². The fraction of sp³-hybridized carbons (Fsp3) is 0.688. The molecule has 1 atom stereocenters. The van der Waals surface area contributed by atoms with Crippen molar-refractivity contribution in [2.75, 3.05) is 19.6 Å². The predicted molar refractivity (Wildman–Crippen MR) is 80.1 cm³/mol. The van der Waals surface area contributed by atoms with Crippen LogP contribution in [-0.4, -0.2) is 35.6 Å². The molecule has 0 bridgehead atoms. The molecule has 1 aromatic rings. The van der Waals surface area contributed by atoms with Gasteiger partial charge in [0.2, 0.25) is 0 Å². The van der Waals surface area contributed by atoms with Crippen LogP contribution in [0.15, 0.2) is 18.5 Å². The summed E-state index contributed by atoms with van der Waals surface area (Å²) in [6.45, 7) is 11.3. The summed E-state index contributed by atoms with van der Waals surface area (Å²) < 4.78 is 0. The number of nitrogens with zero attached hydrogens (tertiary/aromatic N) is 2. The lowest BCUT2D eigenvalue weighted by molar-refractivity contribution is 0.163. The second-order valence-corrected chi connectivity index (χ2v) is 6.11. The molecule has 19 heavy (non-hydrogen) atoms. The molecule has 2 heterocycles. The van der Waals surface area contributed by atoms with E-state index in [4.69, 9.17) is 0 Å². The van der Waals surface area contributed by atoms with Gasteiger partial charge in [0.15, 0.2) is 0 Å². The SMILES string of the molecule is Cc1cncc(CN(CC2CCCNC2)C(C)C)c1. The van der Waals surface area contributed by atoms with Gasteiger partial charge in [-0.05, 0) is 63.7 Å². The molecule has 1 saturated heterocycles. The number of hydrogen-bond donors (Lipinski definition) is 1. The minimum absolute atomic E-state index is 0.586. The van der Waals surface area contributed by atoms with Gasteiger partial charge in [-0.15, -0.1) is 0 Å². The molecule has 1 fully saturated rings. The maximum Gasteiger partial charge on any atom is 0.0313 e. The molecule has 2 rings (SSSR count). The first kappa shape index (κ1) is 14.5. The average Bonchev–Trinajstić information content (AvgIpc) is 2.39. The highest BCUT2D eigenvalue weighted by Crippen LogP contribution is 2.16. The molecule has 106 valence electrons. The van der Waals surface area contributed by atoms with Crippen molar-refractivity contribution in [1.82, 2.24) is 15.2 Å². The molecule has 1 unspecified atom stereocenters. The number of hydrogen-bond acceptors (Lipinski definition) is 3. The van der Waals surface area contributed by atoms with E-state index in [9.17, 15) is 0 Å². The highest BCUT2D eigenvalue weighted by atomic mass is 15.1. The molecule has 0 saturated carbocycles. The van der Waals surface area contributed by atoms with Crippen molar-refractivity contribution in [2.24, 2.45) is 5.92 Å². The Hall–Kier alpha value is -0.930. The van der Waals surface area contributed by atoms with Crippen LogP contribution < -0.4 is 5.32 Å². The molecule has 0 aliphatic carbocycles. The highest BCUT2D eigenvalue weighted by Gasteiger charge is 2.19. The van der Waals surface area contributed by atoms with Crippen LogP contribution in [0, 0.1) is 12.8 Å². The van der Waals surface area contributed by atoms with Crippen molar-refractivity contribution in [3.8, 4) is 0 Å². The normalized spacial score (nSPS) is 20.2. The number of rotatable bonds is 5. The maximum absolute atomic E-state index is 4.30. The van der Waals surface area contributed by atoms with E-state index in [1.165, 1.54) is 43.6 Å². The Morgan fingerprint density at radius 2 is 2.26 bits per heavy atom. The third-order valence-electron chi connectivity index (χ3n) is 3.94. The van der Waals surface area contributed by atoms with Crippen LogP contribution in [0.3, 0.4) is 0 Å². The van der Waals surface area contributed by atoms with Crippen molar-refractivity contribution in [3.05, 3.63) is 29.6 Å². The molecule has 3 heteroatoms. The molecule has 0 amide bonds. The third kappa shape index (κ3) is 4.59. The second kappa shape index (κ2) is 7.01. The Balaban J connectivity index is 1.95. The highest BCUT2D eigenvalue weighted by molar-refractivity contribution is 5.16. The summed E-state index contributed by atoms with van der Waals surface area (Å²) in [5.74, 6) is 0.800. The number of aromatic nitrogens is 1. The fourth-order valence-electron chi connectivity index (χ4n) is 2.81. The second-order valence-electron chi connectivity index (χ2n) is 6.11. The van der Waals surface area contributed by atoms with E-state index in [1.54, 1.807) is 0 Å². The lowest BCUT2D eigenvalue weighted by Crippen LogP contribution is -2.40.